The van der Waals surface area contributed by atoms with Crippen LogP contribution in [0, 0.1) is 0 Å². The molecule has 0 radical (unpaired) electrons. The van der Waals surface area contributed by atoms with Gasteiger partial charge in [-0.25, -0.2) is 0 Å². The van der Waals surface area contributed by atoms with Crippen molar-refractivity contribution in [1.82, 2.24) is 0 Å². The third-order valence-electron chi connectivity index (χ3n) is 7.36. The summed E-state index contributed by atoms with van der Waals surface area (Å²) in [5, 5.41) is 10.7. The molecule has 0 unspecified atom stereocenters. The molecule has 0 atom stereocenters. The van der Waals surface area contributed by atoms with Crippen molar-refractivity contribution >= 4 is 43.1 Å². The Kier molecular flexibility index (Phi) is 4.35. The van der Waals surface area contributed by atoms with E-state index < -0.39 is 0 Å². The van der Waals surface area contributed by atoms with Crippen molar-refractivity contribution < 1.29 is 0 Å². The molecule has 0 fully saturated rings. The van der Waals surface area contributed by atoms with E-state index in [2.05, 4.69) is 111 Å². The van der Waals surface area contributed by atoms with E-state index in [1.54, 1.807) is 0 Å². The minimum absolute atomic E-state index is 0.0894. The molecule has 6 aromatic rings. The Bertz CT molecular complexity index is 1700. The van der Waals surface area contributed by atoms with Crippen LogP contribution in [0.5, 0.6) is 0 Å². The van der Waals surface area contributed by atoms with Gasteiger partial charge in [-0.2, -0.15) is 0 Å². The highest BCUT2D eigenvalue weighted by molar-refractivity contribution is 6.17. The molecule has 0 N–H and O–H groups in total. The second kappa shape index (κ2) is 7.18. The fourth-order valence-electron chi connectivity index (χ4n) is 5.93. The smallest absolute Gasteiger partial charge is 0.0165 e. The second-order valence-electron chi connectivity index (χ2n) is 9.41. The number of hydrogen-bond acceptors (Lipinski definition) is 0. The van der Waals surface area contributed by atoms with Crippen LogP contribution in [0.3, 0.4) is 0 Å². The zero-order valence-electron chi connectivity index (χ0n) is 19.7. The van der Waals surface area contributed by atoms with E-state index in [1.165, 1.54) is 65.3 Å². The Hall–Kier alpha value is -3.64. The van der Waals surface area contributed by atoms with Crippen molar-refractivity contribution in [3.8, 4) is 11.1 Å². The predicted octanol–water partition coefficient (Wildman–Crippen LogP) is 9.63. The SMILES string of the molecule is CC.CC1(C)c2c(ccc3cc4ccccc4cc23)-c2cccc3c2c1cc1ccccc13. The lowest BCUT2D eigenvalue weighted by Gasteiger charge is -2.36. The molecule has 6 aromatic carbocycles. The quantitative estimate of drug-likeness (QED) is 0.168. The fraction of sp³-hybridized carbons (Fsp3) is 0.152. The van der Waals surface area contributed by atoms with Crippen LogP contribution in [0.4, 0.5) is 0 Å². The minimum atomic E-state index is -0.0894. The van der Waals surface area contributed by atoms with E-state index in [1.807, 2.05) is 13.8 Å². The van der Waals surface area contributed by atoms with Crippen LogP contribution in [0.25, 0.3) is 54.2 Å². The van der Waals surface area contributed by atoms with E-state index in [4.69, 9.17) is 0 Å². The van der Waals surface area contributed by atoms with Gasteiger partial charge >= 0.3 is 0 Å². The van der Waals surface area contributed by atoms with Gasteiger partial charge in [0.2, 0.25) is 0 Å². The number of hydrogen-bond donors (Lipinski definition) is 0. The summed E-state index contributed by atoms with van der Waals surface area (Å²) in [6.45, 7) is 8.81. The van der Waals surface area contributed by atoms with Crippen molar-refractivity contribution in [2.75, 3.05) is 0 Å². The Morgan fingerprint density at radius 1 is 0.485 bits per heavy atom. The molecule has 0 heteroatoms. The van der Waals surface area contributed by atoms with Gasteiger partial charge in [0.25, 0.3) is 0 Å². The van der Waals surface area contributed by atoms with Gasteiger partial charge in [-0.3, -0.25) is 0 Å². The summed E-state index contributed by atoms with van der Waals surface area (Å²) in [5.41, 5.74) is 5.54. The molecular formula is C33H28. The van der Waals surface area contributed by atoms with Crippen LogP contribution in [0.15, 0.2) is 97.1 Å². The second-order valence-corrected chi connectivity index (χ2v) is 9.41. The van der Waals surface area contributed by atoms with Gasteiger partial charge < -0.3 is 0 Å². The molecule has 0 bridgehead atoms. The molecule has 1 aliphatic rings. The molecule has 33 heavy (non-hydrogen) atoms. The lowest BCUT2D eigenvalue weighted by Crippen LogP contribution is -2.24. The molecule has 7 rings (SSSR count). The summed E-state index contributed by atoms with van der Waals surface area (Å²) in [6.07, 6.45) is 0. The predicted molar refractivity (Wildman–Crippen MR) is 145 cm³/mol. The maximum atomic E-state index is 2.43. The maximum absolute atomic E-state index is 2.43. The molecule has 0 aliphatic heterocycles. The van der Waals surface area contributed by atoms with E-state index in [0.717, 1.165) is 0 Å². The van der Waals surface area contributed by atoms with E-state index in [0.29, 0.717) is 0 Å². The van der Waals surface area contributed by atoms with Crippen LogP contribution in [0.2, 0.25) is 0 Å². The van der Waals surface area contributed by atoms with Crippen molar-refractivity contribution in [1.29, 1.82) is 0 Å². The zero-order valence-corrected chi connectivity index (χ0v) is 19.7. The molecule has 160 valence electrons. The third kappa shape index (κ3) is 2.70. The summed E-state index contributed by atoms with van der Waals surface area (Å²) in [7, 11) is 0. The Morgan fingerprint density at radius 2 is 1.12 bits per heavy atom. The number of benzene rings is 6. The average Bonchev–Trinajstić information content (AvgIpc) is 2.86. The van der Waals surface area contributed by atoms with E-state index in [9.17, 15) is 0 Å². The molecular weight excluding hydrogens is 396 g/mol. The van der Waals surface area contributed by atoms with Crippen molar-refractivity contribution in [3.05, 3.63) is 108 Å². The summed E-state index contributed by atoms with van der Waals surface area (Å²) < 4.78 is 0. The molecule has 0 spiro atoms. The Balaban J connectivity index is 0.00000101. The zero-order chi connectivity index (χ0) is 22.7. The van der Waals surface area contributed by atoms with Gasteiger partial charge in [0.15, 0.2) is 0 Å². The number of rotatable bonds is 0. The molecule has 0 amide bonds. The molecule has 1 aliphatic carbocycles. The Morgan fingerprint density at radius 3 is 1.91 bits per heavy atom. The fourth-order valence-corrected chi connectivity index (χ4v) is 5.93. The monoisotopic (exact) mass is 424 g/mol. The third-order valence-corrected chi connectivity index (χ3v) is 7.36. The van der Waals surface area contributed by atoms with Gasteiger partial charge in [-0.05, 0) is 83.5 Å². The topological polar surface area (TPSA) is 0 Å². The van der Waals surface area contributed by atoms with Gasteiger partial charge in [0.1, 0.15) is 0 Å². The first-order valence-electron chi connectivity index (χ1n) is 12.0. The van der Waals surface area contributed by atoms with Crippen LogP contribution in [-0.4, -0.2) is 0 Å². The average molecular weight is 425 g/mol. The van der Waals surface area contributed by atoms with Crippen molar-refractivity contribution in [2.24, 2.45) is 0 Å². The van der Waals surface area contributed by atoms with Crippen LogP contribution in [-0.2, 0) is 5.41 Å². The summed E-state index contributed by atoms with van der Waals surface area (Å²) in [6, 6.07) is 36.2. The Labute approximate surface area is 195 Å². The summed E-state index contributed by atoms with van der Waals surface area (Å²) in [4.78, 5) is 0. The lowest BCUT2D eigenvalue weighted by molar-refractivity contribution is 0.652. The van der Waals surface area contributed by atoms with Gasteiger partial charge in [0, 0.05) is 5.41 Å². The van der Waals surface area contributed by atoms with Crippen molar-refractivity contribution in [3.63, 3.8) is 0 Å². The van der Waals surface area contributed by atoms with Gasteiger partial charge in [-0.15, -0.1) is 0 Å². The molecule has 0 nitrogen and oxygen atoms in total. The number of fused-ring (bicyclic) bond motifs is 7. The standard InChI is InChI=1S/C31H22.C2H6/c1-31(2)28-18-21-10-5-6-11-23(21)24-12-7-13-25(29(24)28)26-15-14-22-16-19-8-3-4-9-20(19)17-27(22)30(26)31;1-2/h3-18H,1-2H3;1-2H3. The molecule has 0 heterocycles. The van der Waals surface area contributed by atoms with E-state index >= 15 is 0 Å². The first-order valence-corrected chi connectivity index (χ1v) is 12.0. The van der Waals surface area contributed by atoms with Gasteiger partial charge in [0.05, 0.1) is 0 Å². The molecule has 0 saturated heterocycles. The van der Waals surface area contributed by atoms with Crippen LogP contribution < -0.4 is 0 Å². The first-order chi connectivity index (χ1) is 16.1. The summed E-state index contributed by atoms with van der Waals surface area (Å²) in [5.74, 6) is 0. The molecule has 0 aromatic heterocycles. The minimum Gasteiger partial charge on any atom is -0.0683 e. The molecule has 0 saturated carbocycles. The van der Waals surface area contributed by atoms with Crippen molar-refractivity contribution in [2.45, 2.75) is 33.1 Å². The lowest BCUT2D eigenvalue weighted by atomic mass is 9.66. The highest BCUT2D eigenvalue weighted by Gasteiger charge is 2.35. The van der Waals surface area contributed by atoms with Crippen LogP contribution >= 0.6 is 0 Å². The maximum Gasteiger partial charge on any atom is 0.0165 e. The summed E-state index contributed by atoms with van der Waals surface area (Å²) >= 11 is 0. The first kappa shape index (κ1) is 20.0. The highest BCUT2D eigenvalue weighted by Crippen LogP contribution is 2.52. The normalized spacial score (nSPS) is 13.7. The largest absolute Gasteiger partial charge is 0.0683 e. The highest BCUT2D eigenvalue weighted by atomic mass is 14.4. The van der Waals surface area contributed by atoms with Crippen LogP contribution in [0.1, 0.15) is 38.8 Å². The van der Waals surface area contributed by atoms with E-state index in [-0.39, 0.29) is 5.41 Å². The van der Waals surface area contributed by atoms with Gasteiger partial charge in [-0.1, -0.05) is 107 Å².